The van der Waals surface area contributed by atoms with E-state index in [1.807, 2.05) is 48.5 Å². The average molecular weight is 370 g/mol. The van der Waals surface area contributed by atoms with E-state index in [9.17, 15) is 9.59 Å². The highest BCUT2D eigenvalue weighted by atomic mass is 32.2. The number of aromatic nitrogens is 1. The fraction of sp³-hybridized carbons (Fsp3) is 0.167. The van der Waals surface area contributed by atoms with Crippen LogP contribution in [0.25, 0.3) is 10.2 Å². The minimum Gasteiger partial charge on any atom is -0.481 e. The summed E-state index contributed by atoms with van der Waals surface area (Å²) >= 11 is 2.88. The minimum atomic E-state index is -0.967. The number of rotatable bonds is 4. The Balaban J connectivity index is 1.70. The van der Waals surface area contributed by atoms with E-state index in [1.54, 1.807) is 16.2 Å². The summed E-state index contributed by atoms with van der Waals surface area (Å²) < 4.78 is 1.08. The highest BCUT2D eigenvalue weighted by Crippen LogP contribution is 2.41. The number of anilines is 1. The number of thioether (sulfide) groups is 1. The Morgan fingerprint density at radius 2 is 1.92 bits per heavy atom. The van der Waals surface area contributed by atoms with E-state index in [0.717, 1.165) is 25.8 Å². The smallest absolute Gasteiger partial charge is 0.305 e. The lowest BCUT2D eigenvalue weighted by Gasteiger charge is -2.32. The third-order valence-electron chi connectivity index (χ3n) is 3.96. The van der Waals surface area contributed by atoms with E-state index in [4.69, 9.17) is 5.11 Å². The Morgan fingerprint density at radius 3 is 2.72 bits per heavy atom. The van der Waals surface area contributed by atoms with Crippen molar-refractivity contribution in [2.75, 3.05) is 4.90 Å². The van der Waals surface area contributed by atoms with Gasteiger partial charge in [0.05, 0.1) is 34.1 Å². The van der Waals surface area contributed by atoms with Gasteiger partial charge in [0.25, 0.3) is 0 Å². The number of aliphatic carboxylic acids is 1. The van der Waals surface area contributed by atoms with Crippen molar-refractivity contribution in [1.29, 1.82) is 0 Å². The fourth-order valence-electron chi connectivity index (χ4n) is 2.85. The van der Waals surface area contributed by atoms with Crippen molar-refractivity contribution < 1.29 is 14.7 Å². The second kappa shape index (κ2) is 6.50. The van der Waals surface area contributed by atoms with Crippen LogP contribution in [0, 0.1) is 0 Å². The number of amides is 1. The van der Waals surface area contributed by atoms with E-state index < -0.39 is 11.2 Å². The molecule has 0 spiro atoms. The number of benzene rings is 2. The molecular weight excluding hydrogens is 356 g/mol. The molecule has 0 saturated carbocycles. The Kier molecular flexibility index (Phi) is 4.19. The first-order valence-electron chi connectivity index (χ1n) is 7.75. The van der Waals surface area contributed by atoms with Crippen molar-refractivity contribution in [2.24, 2.45) is 0 Å². The van der Waals surface area contributed by atoms with Gasteiger partial charge < -0.3 is 10.0 Å². The number of fused-ring (bicyclic) bond motifs is 2. The number of thiazole rings is 1. The maximum Gasteiger partial charge on any atom is 0.305 e. The van der Waals surface area contributed by atoms with Crippen LogP contribution in [0.1, 0.15) is 11.4 Å². The summed E-state index contributed by atoms with van der Waals surface area (Å²) in [6.45, 7) is 0.353. The van der Waals surface area contributed by atoms with E-state index >= 15 is 0 Å². The van der Waals surface area contributed by atoms with Crippen molar-refractivity contribution in [1.82, 2.24) is 4.98 Å². The van der Waals surface area contributed by atoms with E-state index in [1.165, 1.54) is 11.8 Å². The predicted octanol–water partition coefficient (Wildman–Crippen LogP) is 3.78. The summed E-state index contributed by atoms with van der Waals surface area (Å²) in [5.41, 5.74) is 1.73. The van der Waals surface area contributed by atoms with Crippen LogP contribution in [-0.2, 0) is 16.1 Å². The molecular formula is C18H14N2O3S2. The standard InChI is InChI=1S/C18H14N2O3S2/c21-17(22)9-15-18(23)20(12-6-2-4-8-14(12)24-15)10-16-19-11-5-1-3-7-13(11)25-16/h1-8,15H,9-10H2,(H,21,22). The Hall–Kier alpha value is -2.38. The molecule has 1 atom stereocenters. The second-order valence-electron chi connectivity index (χ2n) is 5.67. The van der Waals surface area contributed by atoms with Crippen LogP contribution in [0.2, 0.25) is 0 Å². The lowest BCUT2D eigenvalue weighted by atomic mass is 10.2. The van der Waals surface area contributed by atoms with Gasteiger partial charge in [-0.1, -0.05) is 24.3 Å². The molecule has 1 aromatic heterocycles. The number of carboxylic acid groups (broad SMARTS) is 1. The largest absolute Gasteiger partial charge is 0.481 e. The second-order valence-corrected chi connectivity index (χ2v) is 8.03. The van der Waals surface area contributed by atoms with Gasteiger partial charge in [0.2, 0.25) is 5.91 Å². The molecule has 1 aliphatic rings. The quantitative estimate of drug-likeness (QED) is 0.757. The molecule has 0 saturated heterocycles. The van der Waals surface area contributed by atoms with Gasteiger partial charge in [0.15, 0.2) is 0 Å². The molecule has 2 heterocycles. The van der Waals surface area contributed by atoms with Crippen LogP contribution in [0.15, 0.2) is 53.4 Å². The third-order valence-corrected chi connectivity index (χ3v) is 6.23. The first-order valence-corrected chi connectivity index (χ1v) is 9.45. The highest BCUT2D eigenvalue weighted by molar-refractivity contribution is 8.01. The summed E-state index contributed by atoms with van der Waals surface area (Å²) in [6.07, 6.45) is -0.186. The zero-order chi connectivity index (χ0) is 17.4. The van der Waals surface area contributed by atoms with Crippen LogP contribution in [0.5, 0.6) is 0 Å². The first kappa shape index (κ1) is 16.1. The Bertz CT molecular complexity index is 937. The topological polar surface area (TPSA) is 70.5 Å². The minimum absolute atomic E-state index is 0.176. The molecule has 2 aromatic carbocycles. The highest BCUT2D eigenvalue weighted by Gasteiger charge is 2.35. The van der Waals surface area contributed by atoms with Gasteiger partial charge in [-0.15, -0.1) is 23.1 Å². The van der Waals surface area contributed by atoms with Crippen LogP contribution in [-0.4, -0.2) is 27.2 Å². The third kappa shape index (κ3) is 3.12. The fourth-order valence-corrected chi connectivity index (χ4v) is 5.02. The molecule has 1 N–H and O–H groups in total. The summed E-state index contributed by atoms with van der Waals surface area (Å²) in [4.78, 5) is 31.2. The van der Waals surface area contributed by atoms with Crippen LogP contribution in [0.4, 0.5) is 5.69 Å². The molecule has 0 aliphatic carbocycles. The van der Waals surface area contributed by atoms with Crippen LogP contribution < -0.4 is 4.90 Å². The molecule has 3 aromatic rings. The maximum atomic E-state index is 12.9. The first-order chi connectivity index (χ1) is 12.1. The van der Waals surface area contributed by atoms with E-state index in [2.05, 4.69) is 4.98 Å². The Labute approximate surface area is 152 Å². The number of carbonyl (C=O) groups is 2. The summed E-state index contributed by atoms with van der Waals surface area (Å²) in [6, 6.07) is 15.5. The lowest BCUT2D eigenvalue weighted by Crippen LogP contribution is -2.41. The van der Waals surface area contributed by atoms with Crippen molar-refractivity contribution in [3.63, 3.8) is 0 Å². The van der Waals surface area contributed by atoms with E-state index in [-0.39, 0.29) is 12.3 Å². The number of para-hydroxylation sites is 2. The zero-order valence-corrected chi connectivity index (χ0v) is 14.7. The molecule has 1 aliphatic heterocycles. The molecule has 1 unspecified atom stereocenters. The van der Waals surface area contributed by atoms with Gasteiger partial charge in [0.1, 0.15) is 5.01 Å². The zero-order valence-electron chi connectivity index (χ0n) is 13.1. The number of carboxylic acids is 1. The summed E-state index contributed by atoms with van der Waals surface area (Å²) in [5.74, 6) is -1.14. The molecule has 7 heteroatoms. The van der Waals surface area contributed by atoms with Gasteiger partial charge in [-0.2, -0.15) is 0 Å². The average Bonchev–Trinajstić information content (AvgIpc) is 3.00. The molecule has 25 heavy (non-hydrogen) atoms. The predicted molar refractivity (Wildman–Crippen MR) is 99.1 cm³/mol. The number of carbonyl (C=O) groups excluding carboxylic acids is 1. The number of nitrogens with zero attached hydrogens (tertiary/aromatic N) is 2. The van der Waals surface area contributed by atoms with Crippen molar-refractivity contribution in [3.05, 3.63) is 53.5 Å². The van der Waals surface area contributed by atoms with Gasteiger partial charge in [-0.3, -0.25) is 9.59 Å². The molecule has 5 nitrogen and oxygen atoms in total. The Morgan fingerprint density at radius 1 is 1.16 bits per heavy atom. The van der Waals surface area contributed by atoms with Crippen molar-refractivity contribution in [2.45, 2.75) is 23.1 Å². The van der Waals surface area contributed by atoms with Crippen LogP contribution in [0.3, 0.4) is 0 Å². The lowest BCUT2D eigenvalue weighted by molar-refractivity contribution is -0.138. The van der Waals surface area contributed by atoms with Crippen molar-refractivity contribution >= 4 is 50.9 Å². The number of hydrogen-bond donors (Lipinski definition) is 1. The molecule has 126 valence electrons. The maximum absolute atomic E-state index is 12.9. The van der Waals surface area contributed by atoms with Crippen LogP contribution >= 0.6 is 23.1 Å². The SMILES string of the molecule is O=C(O)CC1Sc2ccccc2N(Cc2nc3ccccc3s2)C1=O. The molecule has 1 amide bonds. The van der Waals surface area contributed by atoms with Gasteiger partial charge >= 0.3 is 5.97 Å². The van der Waals surface area contributed by atoms with Crippen molar-refractivity contribution in [3.8, 4) is 0 Å². The molecule has 0 bridgehead atoms. The van der Waals surface area contributed by atoms with Gasteiger partial charge in [0, 0.05) is 4.90 Å². The van der Waals surface area contributed by atoms with E-state index in [0.29, 0.717) is 6.54 Å². The summed E-state index contributed by atoms with van der Waals surface area (Å²) in [7, 11) is 0. The van der Waals surface area contributed by atoms with Gasteiger partial charge in [-0.25, -0.2) is 4.98 Å². The number of hydrogen-bond acceptors (Lipinski definition) is 5. The summed E-state index contributed by atoms with van der Waals surface area (Å²) in [5, 5.41) is 9.34. The monoisotopic (exact) mass is 370 g/mol. The normalized spacial score (nSPS) is 16.9. The molecule has 0 fully saturated rings. The molecule has 4 rings (SSSR count). The van der Waals surface area contributed by atoms with Gasteiger partial charge in [-0.05, 0) is 24.3 Å². The molecule has 0 radical (unpaired) electrons.